The average molecular weight is 199 g/mol. The normalized spacial score (nSPS) is 10.1. The van der Waals surface area contributed by atoms with Crippen LogP contribution in [0.15, 0.2) is 11.1 Å². The van der Waals surface area contributed by atoms with Gasteiger partial charge >= 0.3 is 0 Å². The van der Waals surface area contributed by atoms with Crippen LogP contribution in [0, 0.1) is 18.3 Å². The molecule has 1 rings (SSSR count). The van der Waals surface area contributed by atoms with Crippen LogP contribution in [-0.4, -0.2) is 4.98 Å². The molecule has 2 nitrogen and oxygen atoms in total. The van der Waals surface area contributed by atoms with Gasteiger partial charge in [-0.3, -0.25) is 4.98 Å². The summed E-state index contributed by atoms with van der Waals surface area (Å²) >= 11 is 4.68. The largest absolute Gasteiger partial charge is 0.759 e. The molecule has 13 heavy (non-hydrogen) atoms. The van der Waals surface area contributed by atoms with Gasteiger partial charge in [-0.1, -0.05) is 5.03 Å². The van der Waals surface area contributed by atoms with E-state index in [0.29, 0.717) is 5.56 Å². The Labute approximate surface area is 79.6 Å². The zero-order valence-electron chi connectivity index (χ0n) is 6.71. The molecule has 0 bridgehead atoms. The first-order chi connectivity index (χ1) is 6.06. The molecule has 5 heteroatoms. The highest BCUT2D eigenvalue weighted by Crippen LogP contribution is 2.20. The van der Waals surface area contributed by atoms with Crippen molar-refractivity contribution in [3.8, 4) is 6.07 Å². The Morgan fingerprint density at radius 1 is 1.62 bits per heavy atom. The summed E-state index contributed by atoms with van der Waals surface area (Å²) in [5, 5.41) is 8.53. The van der Waals surface area contributed by atoms with Crippen molar-refractivity contribution in [1.82, 2.24) is 4.98 Å². The van der Waals surface area contributed by atoms with E-state index in [1.165, 1.54) is 6.07 Å². The number of pyridine rings is 1. The van der Waals surface area contributed by atoms with Gasteiger partial charge in [-0.05, 0) is 18.6 Å². The van der Waals surface area contributed by atoms with E-state index in [1.807, 2.05) is 6.07 Å². The minimum atomic E-state index is -2.65. The van der Waals surface area contributed by atoms with Crippen molar-refractivity contribution >= 4 is 12.6 Å². The van der Waals surface area contributed by atoms with Gasteiger partial charge in [-0.25, -0.2) is 8.78 Å². The smallest absolute Gasteiger partial charge is 0.280 e. The lowest BCUT2D eigenvalue weighted by atomic mass is 10.1. The molecule has 0 amide bonds. The molecule has 0 aliphatic rings. The van der Waals surface area contributed by atoms with Gasteiger partial charge < -0.3 is 12.6 Å². The van der Waals surface area contributed by atoms with E-state index in [1.54, 1.807) is 6.92 Å². The summed E-state index contributed by atoms with van der Waals surface area (Å²) in [6, 6.07) is 3.00. The van der Waals surface area contributed by atoms with Gasteiger partial charge in [0.25, 0.3) is 6.43 Å². The molecule has 0 atom stereocenters. The summed E-state index contributed by atoms with van der Waals surface area (Å²) in [5.74, 6) is 0. The van der Waals surface area contributed by atoms with Crippen LogP contribution in [0.25, 0.3) is 0 Å². The number of nitrogens with zero attached hydrogens (tertiary/aromatic N) is 2. The third-order valence-electron chi connectivity index (χ3n) is 1.54. The standard InChI is InChI=1S/C8H6F2N2S/c1-4-2-6(7(9)10)12-8(13)5(4)3-11/h2,7H,1H3,(H,12,13)/p-1. The van der Waals surface area contributed by atoms with Gasteiger partial charge in [-0.15, -0.1) is 0 Å². The Bertz CT molecular complexity index is 348. The maximum atomic E-state index is 12.2. The molecular weight excluding hydrogens is 194 g/mol. The lowest BCUT2D eigenvalue weighted by Crippen LogP contribution is -1.97. The molecule has 0 saturated carbocycles. The van der Waals surface area contributed by atoms with Gasteiger partial charge in [-0.2, -0.15) is 5.26 Å². The van der Waals surface area contributed by atoms with E-state index in [2.05, 4.69) is 17.6 Å². The second kappa shape index (κ2) is 3.62. The van der Waals surface area contributed by atoms with Crippen LogP contribution in [-0.2, 0) is 12.6 Å². The summed E-state index contributed by atoms with van der Waals surface area (Å²) in [5.41, 5.74) is 0.263. The van der Waals surface area contributed by atoms with Gasteiger partial charge in [0.1, 0.15) is 5.69 Å². The van der Waals surface area contributed by atoms with Crippen molar-refractivity contribution in [3.05, 3.63) is 22.9 Å². The molecule has 1 heterocycles. The van der Waals surface area contributed by atoms with Gasteiger partial charge in [0, 0.05) is 0 Å². The van der Waals surface area contributed by atoms with E-state index in [4.69, 9.17) is 5.26 Å². The molecule has 0 aliphatic heterocycles. The number of hydrogen-bond donors (Lipinski definition) is 0. The fourth-order valence-electron chi connectivity index (χ4n) is 0.916. The number of halogens is 2. The summed E-state index contributed by atoms with van der Waals surface area (Å²) < 4.78 is 24.3. The van der Waals surface area contributed by atoms with Crippen molar-refractivity contribution < 1.29 is 8.78 Å². The summed E-state index contributed by atoms with van der Waals surface area (Å²) in [6.45, 7) is 1.56. The average Bonchev–Trinajstić information content (AvgIpc) is 2.03. The quantitative estimate of drug-likeness (QED) is 0.650. The van der Waals surface area contributed by atoms with Crippen molar-refractivity contribution in [3.63, 3.8) is 0 Å². The molecule has 1 aromatic rings. The first-order valence-electron chi connectivity index (χ1n) is 3.43. The van der Waals surface area contributed by atoms with Crippen molar-refractivity contribution in [2.75, 3.05) is 0 Å². The molecule has 0 saturated heterocycles. The molecule has 0 N–H and O–H groups in total. The highest BCUT2D eigenvalue weighted by atomic mass is 32.1. The molecule has 1 aromatic heterocycles. The maximum absolute atomic E-state index is 12.2. The summed E-state index contributed by atoms with van der Waals surface area (Å²) in [6.07, 6.45) is -2.65. The van der Waals surface area contributed by atoms with Crippen molar-refractivity contribution in [1.29, 1.82) is 5.26 Å². The topological polar surface area (TPSA) is 36.7 Å². The second-order valence-corrected chi connectivity index (χ2v) is 2.84. The van der Waals surface area contributed by atoms with E-state index in [9.17, 15) is 8.78 Å². The Morgan fingerprint density at radius 2 is 2.23 bits per heavy atom. The van der Waals surface area contributed by atoms with E-state index in [0.717, 1.165) is 0 Å². The Kier molecular flexibility index (Phi) is 2.73. The highest BCUT2D eigenvalue weighted by molar-refractivity contribution is 7.58. The number of rotatable bonds is 1. The molecule has 0 spiro atoms. The van der Waals surface area contributed by atoms with Crippen LogP contribution in [0.1, 0.15) is 23.2 Å². The van der Waals surface area contributed by atoms with Crippen LogP contribution in [0.3, 0.4) is 0 Å². The third kappa shape index (κ3) is 1.90. The van der Waals surface area contributed by atoms with Crippen LogP contribution < -0.4 is 0 Å². The first kappa shape index (κ1) is 9.81. The number of aromatic nitrogens is 1. The molecular formula is C8H5F2N2S-. The van der Waals surface area contributed by atoms with Gasteiger partial charge in [0.2, 0.25) is 0 Å². The Hall–Kier alpha value is -1.28. The number of nitriles is 1. The minimum absolute atomic E-state index is 0.0576. The zero-order valence-corrected chi connectivity index (χ0v) is 7.53. The second-order valence-electron chi connectivity index (χ2n) is 2.46. The SMILES string of the molecule is Cc1cc(C(F)F)nc([S-])c1C#N. The number of aryl methyl sites for hydroxylation is 1. The fourth-order valence-corrected chi connectivity index (χ4v) is 1.23. The third-order valence-corrected chi connectivity index (χ3v) is 1.83. The Morgan fingerprint density at radius 3 is 2.62 bits per heavy atom. The molecule has 0 aliphatic carbocycles. The molecule has 0 unspecified atom stereocenters. The predicted octanol–water partition coefficient (Wildman–Crippen LogP) is 2.11. The van der Waals surface area contributed by atoms with E-state index in [-0.39, 0.29) is 16.3 Å². The zero-order chi connectivity index (χ0) is 10.0. The van der Waals surface area contributed by atoms with Crippen LogP contribution in [0.2, 0.25) is 0 Å². The number of alkyl halides is 2. The molecule has 68 valence electrons. The van der Waals surface area contributed by atoms with E-state index < -0.39 is 6.43 Å². The lowest BCUT2D eigenvalue weighted by molar-refractivity contribution is 0.145. The fraction of sp³-hybridized carbons (Fsp3) is 0.250. The van der Waals surface area contributed by atoms with Crippen molar-refractivity contribution in [2.45, 2.75) is 18.4 Å². The molecule has 0 radical (unpaired) electrons. The minimum Gasteiger partial charge on any atom is -0.759 e. The first-order valence-corrected chi connectivity index (χ1v) is 3.84. The maximum Gasteiger partial charge on any atom is 0.280 e. The summed E-state index contributed by atoms with van der Waals surface area (Å²) in [4.78, 5) is 3.45. The van der Waals surface area contributed by atoms with Crippen LogP contribution >= 0.6 is 0 Å². The summed E-state index contributed by atoms with van der Waals surface area (Å²) in [7, 11) is 0. The van der Waals surface area contributed by atoms with Gasteiger partial charge in [0.15, 0.2) is 0 Å². The van der Waals surface area contributed by atoms with Crippen LogP contribution in [0.5, 0.6) is 0 Å². The molecule has 0 fully saturated rings. The Balaban J connectivity index is 3.30. The lowest BCUT2D eigenvalue weighted by Gasteiger charge is -2.11. The van der Waals surface area contributed by atoms with E-state index >= 15 is 0 Å². The van der Waals surface area contributed by atoms with Gasteiger partial charge in [0.05, 0.1) is 11.6 Å². The highest BCUT2D eigenvalue weighted by Gasteiger charge is 2.10. The van der Waals surface area contributed by atoms with Crippen LogP contribution in [0.4, 0.5) is 8.78 Å². The monoisotopic (exact) mass is 199 g/mol. The molecule has 0 aromatic carbocycles. The number of hydrogen-bond acceptors (Lipinski definition) is 3. The predicted molar refractivity (Wildman–Crippen MR) is 44.3 cm³/mol. The van der Waals surface area contributed by atoms with Crippen molar-refractivity contribution in [2.24, 2.45) is 0 Å².